The standard InChI is InChI=1S/C12H9BrF2N4O/c13-7-4-10(9(15)5-8(7)14)18-12(20)11-3-6(19-16)1-2-17-11/h1-5H,16H2,(H,17,19)(H,18,20). The molecular formula is C12H9BrF2N4O. The molecule has 0 atom stereocenters. The van der Waals surface area contributed by atoms with E-state index in [4.69, 9.17) is 5.84 Å². The van der Waals surface area contributed by atoms with Gasteiger partial charge in [0.1, 0.15) is 17.3 Å². The van der Waals surface area contributed by atoms with Gasteiger partial charge in [-0.3, -0.25) is 15.6 Å². The summed E-state index contributed by atoms with van der Waals surface area (Å²) in [7, 11) is 0. The summed E-state index contributed by atoms with van der Waals surface area (Å²) in [5.74, 6) is 2.94. The highest BCUT2D eigenvalue weighted by atomic mass is 79.9. The summed E-state index contributed by atoms with van der Waals surface area (Å²) < 4.78 is 26.6. The zero-order valence-corrected chi connectivity index (χ0v) is 11.5. The Morgan fingerprint density at radius 2 is 2.00 bits per heavy atom. The molecule has 1 aromatic carbocycles. The minimum atomic E-state index is -0.882. The molecule has 8 heteroatoms. The number of nitrogens with two attached hydrogens (primary N) is 1. The van der Waals surface area contributed by atoms with Gasteiger partial charge in [0.15, 0.2) is 0 Å². The monoisotopic (exact) mass is 342 g/mol. The van der Waals surface area contributed by atoms with E-state index in [1.165, 1.54) is 12.3 Å². The first-order valence-electron chi connectivity index (χ1n) is 5.40. The molecule has 0 spiro atoms. The number of nitrogen functional groups attached to an aromatic ring is 1. The zero-order chi connectivity index (χ0) is 14.7. The van der Waals surface area contributed by atoms with Gasteiger partial charge in [0, 0.05) is 12.3 Å². The van der Waals surface area contributed by atoms with Crippen LogP contribution in [0.25, 0.3) is 0 Å². The second kappa shape index (κ2) is 5.93. The first-order valence-corrected chi connectivity index (χ1v) is 6.19. The molecule has 4 N–H and O–H groups in total. The summed E-state index contributed by atoms with van der Waals surface area (Å²) >= 11 is 2.91. The number of hydrogen-bond acceptors (Lipinski definition) is 4. The number of carbonyl (C=O) groups is 1. The summed E-state index contributed by atoms with van der Waals surface area (Å²) in [6.07, 6.45) is 1.38. The Kier molecular flexibility index (Phi) is 4.26. The van der Waals surface area contributed by atoms with E-state index in [1.54, 1.807) is 6.07 Å². The zero-order valence-electron chi connectivity index (χ0n) is 9.95. The van der Waals surface area contributed by atoms with Gasteiger partial charge in [-0.2, -0.15) is 0 Å². The molecule has 1 amide bonds. The molecule has 0 aliphatic carbocycles. The molecule has 0 saturated carbocycles. The smallest absolute Gasteiger partial charge is 0.274 e. The maximum atomic E-state index is 13.5. The number of carbonyl (C=O) groups excluding carboxylic acids is 1. The Bertz CT molecular complexity index is 666. The molecule has 2 rings (SSSR count). The number of nitrogens with one attached hydrogen (secondary N) is 2. The number of pyridine rings is 1. The highest BCUT2D eigenvalue weighted by Crippen LogP contribution is 2.24. The average molecular weight is 343 g/mol. The van der Waals surface area contributed by atoms with Crippen LogP contribution in [0.5, 0.6) is 0 Å². The predicted octanol–water partition coefficient (Wildman–Crippen LogP) is 2.66. The topological polar surface area (TPSA) is 80.0 Å². The molecule has 0 aliphatic rings. The third kappa shape index (κ3) is 3.09. The number of benzene rings is 1. The molecule has 0 bridgehead atoms. The summed E-state index contributed by atoms with van der Waals surface area (Å²) in [5, 5.41) is 2.30. The Balaban J connectivity index is 2.25. The van der Waals surface area contributed by atoms with E-state index in [9.17, 15) is 13.6 Å². The maximum Gasteiger partial charge on any atom is 0.274 e. The van der Waals surface area contributed by atoms with Gasteiger partial charge < -0.3 is 10.7 Å². The van der Waals surface area contributed by atoms with Gasteiger partial charge in [-0.25, -0.2) is 8.78 Å². The highest BCUT2D eigenvalue weighted by Gasteiger charge is 2.13. The molecule has 0 fully saturated rings. The lowest BCUT2D eigenvalue weighted by Gasteiger charge is -2.08. The van der Waals surface area contributed by atoms with Crippen LogP contribution in [0.4, 0.5) is 20.2 Å². The van der Waals surface area contributed by atoms with Crippen molar-refractivity contribution in [1.82, 2.24) is 4.98 Å². The third-order valence-electron chi connectivity index (χ3n) is 2.42. The lowest BCUT2D eigenvalue weighted by Crippen LogP contribution is -2.16. The van der Waals surface area contributed by atoms with E-state index in [0.717, 1.165) is 6.07 Å². The SMILES string of the molecule is NNc1ccnc(C(=O)Nc2cc(Br)c(F)cc2F)c1. The van der Waals surface area contributed by atoms with Crippen LogP contribution in [0.15, 0.2) is 34.9 Å². The van der Waals surface area contributed by atoms with Crippen LogP contribution in [0.2, 0.25) is 0 Å². The Morgan fingerprint density at radius 1 is 1.25 bits per heavy atom. The van der Waals surface area contributed by atoms with Gasteiger partial charge in [0.25, 0.3) is 5.91 Å². The molecule has 0 unspecified atom stereocenters. The largest absolute Gasteiger partial charge is 0.324 e. The number of aromatic nitrogens is 1. The van der Waals surface area contributed by atoms with Crippen molar-refractivity contribution in [2.75, 3.05) is 10.7 Å². The Labute approximate surface area is 121 Å². The first kappa shape index (κ1) is 14.4. The van der Waals surface area contributed by atoms with Crippen LogP contribution in [-0.4, -0.2) is 10.9 Å². The summed E-state index contributed by atoms with van der Waals surface area (Å²) in [6, 6.07) is 4.76. The Morgan fingerprint density at radius 3 is 2.70 bits per heavy atom. The van der Waals surface area contributed by atoms with E-state index in [1.807, 2.05) is 0 Å². The van der Waals surface area contributed by atoms with E-state index >= 15 is 0 Å². The number of amides is 1. The van der Waals surface area contributed by atoms with Gasteiger partial charge >= 0.3 is 0 Å². The van der Waals surface area contributed by atoms with E-state index in [2.05, 4.69) is 31.7 Å². The number of anilines is 2. The number of hydrogen-bond donors (Lipinski definition) is 3. The first-order chi connectivity index (χ1) is 9.51. The van der Waals surface area contributed by atoms with Crippen LogP contribution in [0.3, 0.4) is 0 Å². The second-order valence-electron chi connectivity index (χ2n) is 3.77. The van der Waals surface area contributed by atoms with Crippen molar-refractivity contribution in [2.24, 2.45) is 5.84 Å². The van der Waals surface area contributed by atoms with Crippen molar-refractivity contribution >= 4 is 33.2 Å². The fraction of sp³-hybridized carbons (Fsp3) is 0. The molecular weight excluding hydrogens is 334 g/mol. The van der Waals surface area contributed by atoms with E-state index in [-0.39, 0.29) is 15.9 Å². The summed E-state index contributed by atoms with van der Waals surface area (Å²) in [5.41, 5.74) is 2.73. The fourth-order valence-corrected chi connectivity index (χ4v) is 1.79. The van der Waals surface area contributed by atoms with Crippen molar-refractivity contribution in [3.8, 4) is 0 Å². The van der Waals surface area contributed by atoms with Gasteiger partial charge in [0.2, 0.25) is 0 Å². The van der Waals surface area contributed by atoms with Crippen molar-refractivity contribution in [3.63, 3.8) is 0 Å². The minimum Gasteiger partial charge on any atom is -0.324 e. The molecule has 0 radical (unpaired) electrons. The Hall–Kier alpha value is -2.06. The quantitative estimate of drug-likeness (QED) is 0.455. The van der Waals surface area contributed by atoms with Gasteiger partial charge in [-0.05, 0) is 34.1 Å². The summed E-state index contributed by atoms with van der Waals surface area (Å²) in [6.45, 7) is 0. The van der Waals surface area contributed by atoms with Crippen LogP contribution in [-0.2, 0) is 0 Å². The normalized spacial score (nSPS) is 10.2. The predicted molar refractivity (Wildman–Crippen MR) is 74.1 cm³/mol. The third-order valence-corrected chi connectivity index (χ3v) is 3.03. The van der Waals surface area contributed by atoms with Crippen molar-refractivity contribution in [3.05, 3.63) is 52.3 Å². The molecule has 2 aromatic rings. The molecule has 1 heterocycles. The van der Waals surface area contributed by atoms with Crippen molar-refractivity contribution in [2.45, 2.75) is 0 Å². The number of rotatable bonds is 3. The second-order valence-corrected chi connectivity index (χ2v) is 4.63. The molecule has 20 heavy (non-hydrogen) atoms. The molecule has 0 saturated heterocycles. The van der Waals surface area contributed by atoms with Gasteiger partial charge in [0.05, 0.1) is 15.8 Å². The van der Waals surface area contributed by atoms with Crippen LogP contribution in [0, 0.1) is 11.6 Å². The number of halogens is 3. The minimum absolute atomic E-state index is 0.0412. The van der Waals surface area contributed by atoms with Gasteiger partial charge in [-0.15, -0.1) is 0 Å². The van der Waals surface area contributed by atoms with Crippen LogP contribution >= 0.6 is 15.9 Å². The lowest BCUT2D eigenvalue weighted by atomic mass is 10.2. The fourth-order valence-electron chi connectivity index (χ4n) is 1.45. The van der Waals surface area contributed by atoms with E-state index < -0.39 is 17.5 Å². The van der Waals surface area contributed by atoms with Gasteiger partial charge in [-0.1, -0.05) is 0 Å². The van der Waals surface area contributed by atoms with Crippen molar-refractivity contribution in [1.29, 1.82) is 0 Å². The van der Waals surface area contributed by atoms with Crippen LogP contribution < -0.4 is 16.6 Å². The number of nitrogens with zero attached hydrogens (tertiary/aromatic N) is 1. The molecule has 1 aromatic heterocycles. The summed E-state index contributed by atoms with van der Waals surface area (Å²) in [4.78, 5) is 15.7. The van der Waals surface area contributed by atoms with Crippen LogP contribution in [0.1, 0.15) is 10.5 Å². The molecule has 104 valence electrons. The highest BCUT2D eigenvalue weighted by molar-refractivity contribution is 9.10. The maximum absolute atomic E-state index is 13.5. The van der Waals surface area contributed by atoms with E-state index in [0.29, 0.717) is 11.8 Å². The average Bonchev–Trinajstić information content (AvgIpc) is 2.44. The molecule has 5 nitrogen and oxygen atoms in total. The van der Waals surface area contributed by atoms with Crippen molar-refractivity contribution < 1.29 is 13.6 Å². The lowest BCUT2D eigenvalue weighted by molar-refractivity contribution is 0.102. The number of hydrazine groups is 1. The molecule has 0 aliphatic heterocycles.